The van der Waals surface area contributed by atoms with Crippen molar-refractivity contribution in [3.8, 4) is 0 Å². The first-order chi connectivity index (χ1) is 11.2. The molecule has 23 heavy (non-hydrogen) atoms. The number of aryl methyl sites for hydroxylation is 1. The first-order valence-corrected chi connectivity index (χ1v) is 7.71. The Kier molecular flexibility index (Phi) is 4.53. The van der Waals surface area contributed by atoms with Gasteiger partial charge in [-0.25, -0.2) is 0 Å². The highest BCUT2D eigenvalue weighted by molar-refractivity contribution is 5.94. The van der Waals surface area contributed by atoms with Crippen LogP contribution in [0, 0.1) is 6.92 Å². The summed E-state index contributed by atoms with van der Waals surface area (Å²) >= 11 is 0. The maximum absolute atomic E-state index is 12.6. The molecule has 1 amide bonds. The molecule has 114 valence electrons. The summed E-state index contributed by atoms with van der Waals surface area (Å²) < 4.78 is 0. The minimum atomic E-state index is -0.162. The van der Waals surface area contributed by atoms with E-state index in [9.17, 15) is 4.79 Å². The third kappa shape index (κ3) is 3.67. The predicted octanol–water partition coefficient (Wildman–Crippen LogP) is 4.51. The molecular formula is C21H19NO. The van der Waals surface area contributed by atoms with Gasteiger partial charge in [-0.3, -0.25) is 4.79 Å². The van der Waals surface area contributed by atoms with Gasteiger partial charge in [-0.2, -0.15) is 0 Å². The van der Waals surface area contributed by atoms with Crippen molar-refractivity contribution in [2.75, 3.05) is 0 Å². The lowest BCUT2D eigenvalue weighted by molar-refractivity contribution is 0.0943. The van der Waals surface area contributed by atoms with Crippen LogP contribution in [0.3, 0.4) is 0 Å². The van der Waals surface area contributed by atoms with Crippen LogP contribution in [0.2, 0.25) is 0 Å². The molecule has 1 N–H and O–H groups in total. The molecule has 2 heteroatoms. The average Bonchev–Trinajstić information content (AvgIpc) is 2.62. The quantitative estimate of drug-likeness (QED) is 0.754. The van der Waals surface area contributed by atoms with Crippen molar-refractivity contribution in [2.24, 2.45) is 0 Å². The molecule has 0 aliphatic carbocycles. The zero-order valence-electron chi connectivity index (χ0n) is 13.1. The van der Waals surface area contributed by atoms with Crippen molar-refractivity contribution < 1.29 is 4.79 Å². The summed E-state index contributed by atoms with van der Waals surface area (Å²) in [5.74, 6) is -0.0694. The van der Waals surface area contributed by atoms with Gasteiger partial charge in [-0.1, -0.05) is 78.4 Å². The average molecular weight is 301 g/mol. The second-order valence-electron chi connectivity index (χ2n) is 5.59. The van der Waals surface area contributed by atoms with Gasteiger partial charge in [0.2, 0.25) is 0 Å². The molecule has 3 rings (SSSR count). The van der Waals surface area contributed by atoms with E-state index in [1.54, 1.807) is 0 Å². The van der Waals surface area contributed by atoms with E-state index in [2.05, 4.69) is 36.5 Å². The number of amides is 1. The topological polar surface area (TPSA) is 29.1 Å². The molecule has 1 atom stereocenters. The van der Waals surface area contributed by atoms with E-state index in [4.69, 9.17) is 0 Å². The van der Waals surface area contributed by atoms with E-state index >= 15 is 0 Å². The summed E-state index contributed by atoms with van der Waals surface area (Å²) in [5, 5.41) is 3.15. The molecule has 0 aromatic heterocycles. The third-order valence-electron chi connectivity index (χ3n) is 3.85. The number of rotatable bonds is 4. The van der Waals surface area contributed by atoms with Gasteiger partial charge in [0, 0.05) is 5.56 Å². The Hall–Kier alpha value is -2.87. The molecule has 2 nitrogen and oxygen atoms in total. The van der Waals surface area contributed by atoms with Crippen molar-refractivity contribution >= 4 is 5.91 Å². The fraction of sp³-hybridized carbons (Fsp3) is 0.0952. The molecular weight excluding hydrogens is 282 g/mol. The summed E-state index contributed by atoms with van der Waals surface area (Å²) in [7, 11) is 0. The van der Waals surface area contributed by atoms with Crippen LogP contribution in [0.1, 0.15) is 33.1 Å². The highest BCUT2D eigenvalue weighted by atomic mass is 16.1. The lowest BCUT2D eigenvalue weighted by Gasteiger charge is -2.20. The van der Waals surface area contributed by atoms with Crippen molar-refractivity contribution in [2.45, 2.75) is 13.0 Å². The smallest absolute Gasteiger partial charge is 0.252 e. The Morgan fingerprint density at radius 2 is 1.26 bits per heavy atom. The maximum atomic E-state index is 12.6. The Morgan fingerprint density at radius 1 is 0.739 bits per heavy atom. The molecule has 3 aromatic carbocycles. The summed E-state index contributed by atoms with van der Waals surface area (Å²) in [4.78, 5) is 12.6. The lowest BCUT2D eigenvalue weighted by atomic mass is 9.97. The van der Waals surface area contributed by atoms with E-state index in [-0.39, 0.29) is 11.9 Å². The normalized spacial score (nSPS) is 11.7. The molecule has 0 radical (unpaired) electrons. The monoisotopic (exact) mass is 301 g/mol. The van der Waals surface area contributed by atoms with Crippen molar-refractivity contribution in [1.29, 1.82) is 0 Å². The van der Waals surface area contributed by atoms with Gasteiger partial charge >= 0.3 is 0 Å². The van der Waals surface area contributed by atoms with Crippen molar-refractivity contribution in [3.05, 3.63) is 107 Å². The van der Waals surface area contributed by atoms with E-state index in [1.807, 2.05) is 60.7 Å². The Balaban J connectivity index is 1.93. The standard InChI is InChI=1S/C21H19NO/c1-16-12-14-18(15-13-16)20(17-8-4-2-5-9-17)22-21(23)19-10-6-3-7-11-19/h2-15,20H,1H3,(H,22,23)/t20-/m0/s1. The van der Waals surface area contributed by atoms with E-state index in [0.717, 1.165) is 11.1 Å². The molecule has 0 spiro atoms. The van der Waals surface area contributed by atoms with Gasteiger partial charge in [0.15, 0.2) is 0 Å². The Bertz CT molecular complexity index is 764. The second-order valence-corrected chi connectivity index (χ2v) is 5.59. The summed E-state index contributed by atoms with van der Waals surface area (Å²) in [6, 6.07) is 27.5. The van der Waals surface area contributed by atoms with Gasteiger partial charge in [-0.05, 0) is 30.2 Å². The van der Waals surface area contributed by atoms with Crippen LogP contribution in [0.25, 0.3) is 0 Å². The van der Waals surface area contributed by atoms with Crippen LogP contribution in [-0.4, -0.2) is 5.91 Å². The van der Waals surface area contributed by atoms with Gasteiger partial charge in [0.1, 0.15) is 0 Å². The van der Waals surface area contributed by atoms with Gasteiger partial charge in [0.05, 0.1) is 6.04 Å². The zero-order valence-corrected chi connectivity index (χ0v) is 13.1. The number of benzene rings is 3. The maximum Gasteiger partial charge on any atom is 0.252 e. The van der Waals surface area contributed by atoms with Crippen LogP contribution >= 0.6 is 0 Å². The van der Waals surface area contributed by atoms with E-state index in [1.165, 1.54) is 5.56 Å². The molecule has 0 aliphatic rings. The summed E-state index contributed by atoms with van der Waals surface area (Å²) in [6.45, 7) is 2.06. The van der Waals surface area contributed by atoms with Crippen molar-refractivity contribution in [1.82, 2.24) is 5.32 Å². The molecule has 0 bridgehead atoms. The van der Waals surface area contributed by atoms with Crippen LogP contribution in [0.4, 0.5) is 0 Å². The molecule has 0 saturated carbocycles. The SMILES string of the molecule is Cc1ccc([C@@H](NC(=O)c2ccccc2)c2ccccc2)cc1. The highest BCUT2D eigenvalue weighted by Gasteiger charge is 2.17. The molecule has 0 saturated heterocycles. The number of carbonyl (C=O) groups is 1. The van der Waals surface area contributed by atoms with Crippen LogP contribution in [-0.2, 0) is 0 Å². The van der Waals surface area contributed by atoms with Crippen LogP contribution in [0.5, 0.6) is 0 Å². The van der Waals surface area contributed by atoms with Gasteiger partial charge in [0.25, 0.3) is 5.91 Å². The third-order valence-corrected chi connectivity index (χ3v) is 3.85. The van der Waals surface area contributed by atoms with Crippen LogP contribution < -0.4 is 5.32 Å². The Labute approximate surface area is 136 Å². The van der Waals surface area contributed by atoms with E-state index in [0.29, 0.717) is 5.56 Å². The molecule has 0 fully saturated rings. The number of hydrogen-bond donors (Lipinski definition) is 1. The fourth-order valence-electron chi connectivity index (χ4n) is 2.57. The number of nitrogens with one attached hydrogen (secondary N) is 1. The van der Waals surface area contributed by atoms with E-state index < -0.39 is 0 Å². The fourth-order valence-corrected chi connectivity index (χ4v) is 2.57. The first kappa shape index (κ1) is 15.0. The highest BCUT2D eigenvalue weighted by Crippen LogP contribution is 2.23. The minimum absolute atomic E-state index is 0.0694. The second kappa shape index (κ2) is 6.93. The molecule has 3 aromatic rings. The number of hydrogen-bond acceptors (Lipinski definition) is 1. The first-order valence-electron chi connectivity index (χ1n) is 7.71. The molecule has 0 heterocycles. The lowest BCUT2D eigenvalue weighted by Crippen LogP contribution is -2.29. The predicted molar refractivity (Wildman–Crippen MR) is 93.4 cm³/mol. The zero-order chi connectivity index (χ0) is 16.1. The summed E-state index contributed by atoms with van der Waals surface area (Å²) in [5.41, 5.74) is 4.02. The summed E-state index contributed by atoms with van der Waals surface area (Å²) in [6.07, 6.45) is 0. The molecule has 0 unspecified atom stereocenters. The van der Waals surface area contributed by atoms with Gasteiger partial charge in [-0.15, -0.1) is 0 Å². The minimum Gasteiger partial charge on any atom is -0.341 e. The Morgan fingerprint density at radius 3 is 1.87 bits per heavy atom. The largest absolute Gasteiger partial charge is 0.341 e. The molecule has 0 aliphatic heterocycles. The van der Waals surface area contributed by atoms with Crippen LogP contribution in [0.15, 0.2) is 84.9 Å². The van der Waals surface area contributed by atoms with Crippen molar-refractivity contribution in [3.63, 3.8) is 0 Å². The number of carbonyl (C=O) groups excluding carboxylic acids is 1. The van der Waals surface area contributed by atoms with Gasteiger partial charge < -0.3 is 5.32 Å².